The molecule has 3 aromatic heterocycles. The van der Waals surface area contributed by atoms with E-state index in [2.05, 4.69) is 31.7 Å². The molecule has 0 spiro atoms. The monoisotopic (exact) mass is 345 g/mol. The summed E-state index contributed by atoms with van der Waals surface area (Å²) in [5.41, 5.74) is 2.50. The summed E-state index contributed by atoms with van der Waals surface area (Å²) in [5, 5.41) is 10.8. The van der Waals surface area contributed by atoms with Gasteiger partial charge in [0.1, 0.15) is 5.82 Å². The molecule has 0 amide bonds. The average molecular weight is 345 g/mol. The summed E-state index contributed by atoms with van der Waals surface area (Å²) in [5.74, 6) is 0.976. The van der Waals surface area contributed by atoms with E-state index in [0.29, 0.717) is 0 Å². The molecule has 0 saturated carbocycles. The second-order valence-electron chi connectivity index (χ2n) is 5.88. The fourth-order valence-electron chi connectivity index (χ4n) is 2.94. The van der Waals surface area contributed by atoms with Crippen LogP contribution in [0.5, 0.6) is 0 Å². The molecule has 7 heteroatoms. The summed E-state index contributed by atoms with van der Waals surface area (Å²) in [6.07, 6.45) is 3.16. The largest absolute Gasteiger partial charge is 0.316 e. The normalized spacial score (nSPS) is 14.9. The number of thiophene rings is 1. The first-order chi connectivity index (χ1) is 11.2. The Labute approximate surface area is 143 Å². The molecule has 0 saturated heterocycles. The van der Waals surface area contributed by atoms with Crippen LogP contribution in [-0.4, -0.2) is 26.2 Å². The lowest BCUT2D eigenvalue weighted by Crippen LogP contribution is -2.28. The van der Waals surface area contributed by atoms with Crippen LogP contribution >= 0.6 is 22.7 Å². The van der Waals surface area contributed by atoms with E-state index in [1.807, 2.05) is 42.3 Å². The number of nitrogens with one attached hydrogen (secondary N) is 1. The SMILES string of the molecule is Cc1cc(Nc2ncc(CN3CCc4sccc4C3)s2)n(C)n1. The lowest BCUT2D eigenvalue weighted by molar-refractivity contribution is 0.249. The maximum atomic E-state index is 4.50. The minimum atomic E-state index is 0.927. The van der Waals surface area contributed by atoms with Crippen molar-refractivity contribution in [1.82, 2.24) is 19.7 Å². The zero-order valence-corrected chi connectivity index (χ0v) is 14.9. The molecule has 0 bridgehead atoms. The fourth-order valence-corrected chi connectivity index (χ4v) is 4.69. The number of aryl methyl sites for hydroxylation is 2. The Morgan fingerprint density at radius 1 is 1.39 bits per heavy atom. The van der Waals surface area contributed by atoms with Gasteiger partial charge in [0.25, 0.3) is 0 Å². The highest BCUT2D eigenvalue weighted by atomic mass is 32.1. The highest BCUT2D eigenvalue weighted by molar-refractivity contribution is 7.15. The zero-order chi connectivity index (χ0) is 15.8. The van der Waals surface area contributed by atoms with Gasteiger partial charge in [0.2, 0.25) is 0 Å². The molecular formula is C16H19N5S2. The van der Waals surface area contributed by atoms with Gasteiger partial charge in [-0.2, -0.15) is 5.10 Å². The standard InChI is InChI=1S/C16H19N5S2/c1-11-7-15(20(2)19-11)18-16-17-8-13(23-16)10-21-5-3-14-12(9-21)4-6-22-14/h4,6-8H,3,5,9-10H2,1-2H3,(H,17,18). The molecule has 0 atom stereocenters. The van der Waals surface area contributed by atoms with Crippen LogP contribution in [0.3, 0.4) is 0 Å². The third-order valence-corrected chi connectivity index (χ3v) is 5.98. The minimum absolute atomic E-state index is 0.927. The molecule has 0 unspecified atom stereocenters. The number of rotatable bonds is 4. The van der Waals surface area contributed by atoms with Gasteiger partial charge in [0, 0.05) is 48.7 Å². The van der Waals surface area contributed by atoms with Gasteiger partial charge in [-0.15, -0.1) is 22.7 Å². The number of fused-ring (bicyclic) bond motifs is 1. The zero-order valence-electron chi connectivity index (χ0n) is 13.2. The van der Waals surface area contributed by atoms with Crippen molar-refractivity contribution < 1.29 is 0 Å². The highest BCUT2D eigenvalue weighted by Crippen LogP contribution is 2.28. The van der Waals surface area contributed by atoms with Crippen LogP contribution in [0.1, 0.15) is 21.0 Å². The molecule has 0 radical (unpaired) electrons. The van der Waals surface area contributed by atoms with Crippen molar-refractivity contribution in [1.29, 1.82) is 0 Å². The van der Waals surface area contributed by atoms with Gasteiger partial charge in [-0.05, 0) is 30.4 Å². The molecule has 3 aromatic rings. The molecule has 23 heavy (non-hydrogen) atoms. The fraction of sp³-hybridized carbons (Fsp3) is 0.375. The summed E-state index contributed by atoms with van der Waals surface area (Å²) in [6.45, 7) is 5.15. The van der Waals surface area contributed by atoms with Gasteiger partial charge >= 0.3 is 0 Å². The van der Waals surface area contributed by atoms with E-state index in [9.17, 15) is 0 Å². The van der Waals surface area contributed by atoms with Crippen LogP contribution in [-0.2, 0) is 26.6 Å². The number of aromatic nitrogens is 3. The number of thiazole rings is 1. The van der Waals surface area contributed by atoms with Crippen molar-refractivity contribution in [3.63, 3.8) is 0 Å². The van der Waals surface area contributed by atoms with Crippen molar-refractivity contribution in [2.24, 2.45) is 7.05 Å². The predicted octanol–water partition coefficient (Wildman–Crippen LogP) is 3.55. The van der Waals surface area contributed by atoms with Crippen LogP contribution in [0.2, 0.25) is 0 Å². The Kier molecular flexibility index (Phi) is 3.92. The van der Waals surface area contributed by atoms with Gasteiger partial charge in [0.15, 0.2) is 5.13 Å². The van der Waals surface area contributed by atoms with E-state index in [0.717, 1.165) is 36.3 Å². The summed E-state index contributed by atoms with van der Waals surface area (Å²) >= 11 is 3.61. The Morgan fingerprint density at radius 3 is 3.13 bits per heavy atom. The van der Waals surface area contributed by atoms with Gasteiger partial charge in [0.05, 0.1) is 5.69 Å². The molecule has 0 aromatic carbocycles. The molecule has 0 fully saturated rings. The molecule has 0 aliphatic carbocycles. The minimum Gasteiger partial charge on any atom is -0.316 e. The van der Waals surface area contributed by atoms with Gasteiger partial charge < -0.3 is 5.32 Å². The average Bonchev–Trinajstić information content (AvgIpc) is 3.21. The summed E-state index contributed by atoms with van der Waals surface area (Å²) in [7, 11) is 1.94. The maximum absolute atomic E-state index is 4.50. The third-order valence-electron chi connectivity index (χ3n) is 4.06. The molecular weight excluding hydrogens is 326 g/mol. The molecule has 5 nitrogen and oxygen atoms in total. The maximum Gasteiger partial charge on any atom is 0.188 e. The summed E-state index contributed by atoms with van der Waals surface area (Å²) in [6, 6.07) is 4.29. The number of hydrogen-bond donors (Lipinski definition) is 1. The lowest BCUT2D eigenvalue weighted by Gasteiger charge is -2.25. The first-order valence-electron chi connectivity index (χ1n) is 7.67. The van der Waals surface area contributed by atoms with E-state index in [1.165, 1.54) is 16.9 Å². The van der Waals surface area contributed by atoms with Crippen LogP contribution < -0.4 is 5.32 Å². The number of hydrogen-bond acceptors (Lipinski definition) is 6. The summed E-state index contributed by atoms with van der Waals surface area (Å²) in [4.78, 5) is 9.86. The van der Waals surface area contributed by atoms with E-state index >= 15 is 0 Å². The van der Waals surface area contributed by atoms with Crippen molar-refractivity contribution >= 4 is 33.6 Å². The van der Waals surface area contributed by atoms with E-state index < -0.39 is 0 Å². The molecule has 1 aliphatic rings. The first kappa shape index (κ1) is 14.9. The second kappa shape index (κ2) is 6.07. The van der Waals surface area contributed by atoms with Crippen LogP contribution in [0.4, 0.5) is 10.9 Å². The smallest absolute Gasteiger partial charge is 0.188 e. The number of nitrogens with zero attached hydrogens (tertiary/aromatic N) is 4. The van der Waals surface area contributed by atoms with Crippen molar-refractivity contribution in [3.05, 3.63) is 44.7 Å². The topological polar surface area (TPSA) is 46.0 Å². The highest BCUT2D eigenvalue weighted by Gasteiger charge is 2.18. The Balaban J connectivity index is 1.41. The van der Waals surface area contributed by atoms with Crippen molar-refractivity contribution in [2.75, 3.05) is 11.9 Å². The molecule has 1 aliphatic heterocycles. The predicted molar refractivity (Wildman–Crippen MR) is 95.5 cm³/mol. The molecule has 4 heterocycles. The van der Waals surface area contributed by atoms with Crippen LogP contribution in [0.25, 0.3) is 0 Å². The van der Waals surface area contributed by atoms with E-state index in [4.69, 9.17) is 0 Å². The third kappa shape index (κ3) is 3.17. The Bertz CT molecular complexity index is 816. The van der Waals surface area contributed by atoms with Gasteiger partial charge in [-0.25, -0.2) is 4.98 Å². The Hall–Kier alpha value is -1.70. The van der Waals surface area contributed by atoms with Crippen molar-refractivity contribution in [2.45, 2.75) is 26.4 Å². The van der Waals surface area contributed by atoms with E-state index in [-0.39, 0.29) is 0 Å². The van der Waals surface area contributed by atoms with Crippen LogP contribution in [0.15, 0.2) is 23.7 Å². The Morgan fingerprint density at radius 2 is 2.30 bits per heavy atom. The molecule has 4 rings (SSSR count). The second-order valence-corrected chi connectivity index (χ2v) is 8.00. The number of anilines is 2. The first-order valence-corrected chi connectivity index (χ1v) is 9.37. The van der Waals surface area contributed by atoms with Gasteiger partial charge in [-0.1, -0.05) is 0 Å². The van der Waals surface area contributed by atoms with E-state index in [1.54, 1.807) is 16.2 Å². The summed E-state index contributed by atoms with van der Waals surface area (Å²) < 4.78 is 1.85. The van der Waals surface area contributed by atoms with Crippen LogP contribution in [0, 0.1) is 6.92 Å². The quantitative estimate of drug-likeness (QED) is 0.785. The molecule has 1 N–H and O–H groups in total. The van der Waals surface area contributed by atoms with Gasteiger partial charge in [-0.3, -0.25) is 9.58 Å². The lowest BCUT2D eigenvalue weighted by atomic mass is 10.1. The molecule has 120 valence electrons. The van der Waals surface area contributed by atoms with Crippen molar-refractivity contribution in [3.8, 4) is 0 Å².